The third kappa shape index (κ3) is 3.72. The monoisotopic (exact) mass is 425 g/mol. The average Bonchev–Trinajstić information content (AvgIpc) is 2.93. The number of amides is 1. The fourth-order valence-electron chi connectivity index (χ4n) is 3.14. The summed E-state index contributed by atoms with van der Waals surface area (Å²) in [6.45, 7) is 2.90. The third-order valence-corrected chi connectivity index (χ3v) is 4.86. The Kier molecular flexibility index (Phi) is 5.88. The number of nitrogens with zero attached hydrogens (tertiary/aromatic N) is 1. The van der Waals surface area contributed by atoms with Gasteiger partial charge in [-0.2, -0.15) is 0 Å². The molecule has 1 heterocycles. The minimum absolute atomic E-state index is 0.0146. The van der Waals surface area contributed by atoms with Gasteiger partial charge in [-0.3, -0.25) is 4.79 Å². The minimum atomic E-state index is 0.0146. The molecule has 0 saturated carbocycles. The van der Waals surface area contributed by atoms with Gasteiger partial charge in [-0.1, -0.05) is 31.0 Å². The lowest BCUT2D eigenvalue weighted by Gasteiger charge is -2.15. The average molecular weight is 426 g/mol. The van der Waals surface area contributed by atoms with Crippen molar-refractivity contribution >= 4 is 39.2 Å². The molecule has 0 radical (unpaired) electrons. The summed E-state index contributed by atoms with van der Waals surface area (Å²) in [5, 5.41) is 0. The molecule has 27 heavy (non-hydrogen) atoms. The van der Waals surface area contributed by atoms with E-state index < -0.39 is 0 Å². The smallest absolute Gasteiger partial charge is 0.258 e. The van der Waals surface area contributed by atoms with E-state index in [0.29, 0.717) is 28.1 Å². The molecule has 0 saturated heterocycles. The van der Waals surface area contributed by atoms with E-state index in [1.54, 1.807) is 7.11 Å². The summed E-state index contributed by atoms with van der Waals surface area (Å²) in [7, 11) is 1.57. The molecular formula is C22H20BrNO3. The van der Waals surface area contributed by atoms with Crippen molar-refractivity contribution in [1.82, 2.24) is 0 Å². The Labute approximate surface area is 167 Å². The summed E-state index contributed by atoms with van der Waals surface area (Å²) < 4.78 is 11.7. The number of anilines is 1. The van der Waals surface area contributed by atoms with Crippen LogP contribution in [-0.2, 0) is 4.79 Å². The molecule has 1 aliphatic heterocycles. The lowest BCUT2D eigenvalue weighted by molar-refractivity contribution is -0.113. The van der Waals surface area contributed by atoms with Crippen LogP contribution in [0.25, 0.3) is 11.6 Å². The fourth-order valence-corrected chi connectivity index (χ4v) is 3.71. The molecule has 2 aromatic carbocycles. The molecule has 1 aliphatic rings. The van der Waals surface area contributed by atoms with E-state index in [-0.39, 0.29) is 12.5 Å². The molecule has 0 spiro atoms. The minimum Gasteiger partial charge on any atom is -0.493 e. The molecule has 1 amide bonds. The van der Waals surface area contributed by atoms with Gasteiger partial charge in [0.2, 0.25) is 0 Å². The summed E-state index contributed by atoms with van der Waals surface area (Å²) in [5.74, 6) is 3.55. The van der Waals surface area contributed by atoms with Gasteiger partial charge in [0.1, 0.15) is 6.61 Å². The maximum atomic E-state index is 13.0. The number of hydrogen-bond donors (Lipinski definition) is 0. The van der Waals surface area contributed by atoms with Gasteiger partial charge in [0.15, 0.2) is 11.5 Å². The van der Waals surface area contributed by atoms with E-state index in [2.05, 4.69) is 28.8 Å². The number of benzene rings is 2. The molecular weight excluding hydrogens is 406 g/mol. The highest BCUT2D eigenvalue weighted by molar-refractivity contribution is 9.10. The molecule has 0 fully saturated rings. The van der Waals surface area contributed by atoms with Crippen LogP contribution < -0.4 is 14.4 Å². The van der Waals surface area contributed by atoms with Crippen LogP contribution in [0, 0.1) is 12.3 Å². The third-order valence-electron chi connectivity index (χ3n) is 4.27. The molecule has 0 N–H and O–H groups in total. The zero-order chi connectivity index (χ0) is 19.4. The highest BCUT2D eigenvalue weighted by atomic mass is 79.9. The zero-order valence-corrected chi connectivity index (χ0v) is 16.9. The standard InChI is InChI=1S/C22H20BrNO3/c1-4-10-24-19-9-7-6-8-16(19)17(22(24)25)12-15-13-18(23)21(27-11-5-2)20(14-15)26-3/h2,6-9,12-14H,4,10-11H2,1,3H3/b17-12-. The number of carbonyl (C=O) groups excluding carboxylic acids is 1. The second-order valence-electron chi connectivity index (χ2n) is 6.06. The maximum Gasteiger partial charge on any atom is 0.258 e. The maximum absolute atomic E-state index is 13.0. The van der Waals surface area contributed by atoms with Gasteiger partial charge in [-0.15, -0.1) is 6.42 Å². The number of rotatable bonds is 6. The predicted octanol–water partition coefficient (Wildman–Crippen LogP) is 4.77. The number of halogens is 1. The van der Waals surface area contributed by atoms with E-state index in [1.165, 1.54) is 0 Å². The molecule has 0 bridgehead atoms. The SMILES string of the molecule is C#CCOc1c(Br)cc(/C=C2\C(=O)N(CCC)c3ccccc32)cc1OC. The van der Waals surface area contributed by atoms with E-state index in [4.69, 9.17) is 15.9 Å². The van der Waals surface area contributed by atoms with E-state index in [9.17, 15) is 4.79 Å². The van der Waals surface area contributed by atoms with Crippen molar-refractivity contribution < 1.29 is 14.3 Å². The lowest BCUT2D eigenvalue weighted by Crippen LogP contribution is -2.26. The highest BCUT2D eigenvalue weighted by Gasteiger charge is 2.31. The zero-order valence-electron chi connectivity index (χ0n) is 15.3. The van der Waals surface area contributed by atoms with E-state index in [0.717, 1.165) is 23.2 Å². The molecule has 0 aromatic heterocycles. The molecule has 4 nitrogen and oxygen atoms in total. The Hall–Kier alpha value is -2.71. The van der Waals surface area contributed by atoms with Crippen molar-refractivity contribution in [2.75, 3.05) is 25.2 Å². The van der Waals surface area contributed by atoms with Crippen molar-refractivity contribution in [2.45, 2.75) is 13.3 Å². The van der Waals surface area contributed by atoms with Crippen molar-refractivity contribution in [3.63, 3.8) is 0 Å². The Morgan fingerprint density at radius 2 is 2.07 bits per heavy atom. The molecule has 138 valence electrons. The molecule has 2 aromatic rings. The van der Waals surface area contributed by atoms with Crippen LogP contribution in [0.4, 0.5) is 5.69 Å². The number of para-hydroxylation sites is 1. The van der Waals surface area contributed by atoms with Gasteiger partial charge >= 0.3 is 0 Å². The Balaban J connectivity index is 2.05. The normalized spacial score (nSPS) is 14.2. The number of carbonyl (C=O) groups is 1. The van der Waals surface area contributed by atoms with Crippen LogP contribution in [0.2, 0.25) is 0 Å². The number of fused-ring (bicyclic) bond motifs is 1. The van der Waals surface area contributed by atoms with Crippen LogP contribution >= 0.6 is 15.9 Å². The van der Waals surface area contributed by atoms with Crippen molar-refractivity contribution in [3.05, 3.63) is 52.0 Å². The summed E-state index contributed by atoms with van der Waals surface area (Å²) in [4.78, 5) is 14.8. The second-order valence-corrected chi connectivity index (χ2v) is 6.91. The van der Waals surface area contributed by atoms with Gasteiger partial charge in [-0.25, -0.2) is 0 Å². The molecule has 3 rings (SSSR count). The largest absolute Gasteiger partial charge is 0.493 e. The van der Waals surface area contributed by atoms with Gasteiger partial charge in [0.05, 0.1) is 17.3 Å². The first kappa shape index (κ1) is 19.1. The predicted molar refractivity (Wildman–Crippen MR) is 112 cm³/mol. The van der Waals surface area contributed by atoms with Crippen LogP contribution in [0.15, 0.2) is 40.9 Å². The Morgan fingerprint density at radius 1 is 1.30 bits per heavy atom. The van der Waals surface area contributed by atoms with E-state index in [1.807, 2.05) is 47.4 Å². The molecule has 0 unspecified atom stereocenters. The molecule has 0 aliphatic carbocycles. The first-order chi connectivity index (χ1) is 13.1. The number of terminal acetylenes is 1. The summed E-state index contributed by atoms with van der Waals surface area (Å²) in [5.41, 5.74) is 3.41. The topological polar surface area (TPSA) is 38.8 Å². The first-order valence-corrected chi connectivity index (χ1v) is 9.46. The molecule has 0 atom stereocenters. The van der Waals surface area contributed by atoms with Gasteiger partial charge in [0.25, 0.3) is 5.91 Å². The van der Waals surface area contributed by atoms with Crippen molar-refractivity contribution in [3.8, 4) is 23.8 Å². The lowest BCUT2D eigenvalue weighted by atomic mass is 10.0. The highest BCUT2D eigenvalue weighted by Crippen LogP contribution is 2.40. The number of methoxy groups -OCH3 is 1. The number of hydrogen-bond acceptors (Lipinski definition) is 3. The second kappa shape index (κ2) is 8.32. The van der Waals surface area contributed by atoms with Crippen LogP contribution in [0.3, 0.4) is 0 Å². The first-order valence-electron chi connectivity index (χ1n) is 8.67. The number of ether oxygens (including phenoxy) is 2. The summed E-state index contributed by atoms with van der Waals surface area (Å²) in [6.07, 6.45) is 8.05. The Morgan fingerprint density at radius 3 is 2.78 bits per heavy atom. The van der Waals surface area contributed by atoms with E-state index >= 15 is 0 Å². The van der Waals surface area contributed by atoms with Crippen LogP contribution in [0.1, 0.15) is 24.5 Å². The Bertz CT molecular complexity index is 943. The van der Waals surface area contributed by atoms with Crippen molar-refractivity contribution in [1.29, 1.82) is 0 Å². The van der Waals surface area contributed by atoms with Crippen molar-refractivity contribution in [2.24, 2.45) is 0 Å². The quantitative estimate of drug-likeness (QED) is 0.494. The summed E-state index contributed by atoms with van der Waals surface area (Å²) >= 11 is 3.50. The molecule has 5 heteroatoms. The van der Waals surface area contributed by atoms with Crippen LogP contribution in [0.5, 0.6) is 11.5 Å². The van der Waals surface area contributed by atoms with Gasteiger partial charge in [0, 0.05) is 17.7 Å². The van der Waals surface area contributed by atoms with Crippen LogP contribution in [-0.4, -0.2) is 26.2 Å². The van der Waals surface area contributed by atoms with Gasteiger partial charge < -0.3 is 14.4 Å². The summed E-state index contributed by atoms with van der Waals surface area (Å²) in [6, 6.07) is 11.6. The van der Waals surface area contributed by atoms with Gasteiger partial charge in [-0.05, 0) is 52.2 Å². The fraction of sp³-hybridized carbons (Fsp3) is 0.227.